The van der Waals surface area contributed by atoms with Crippen LogP contribution < -0.4 is 0 Å². The summed E-state index contributed by atoms with van der Waals surface area (Å²) in [5.41, 5.74) is 0. The van der Waals surface area contributed by atoms with Gasteiger partial charge in [-0.1, -0.05) is 36.9 Å². The van der Waals surface area contributed by atoms with Crippen LogP contribution in [-0.2, 0) is 4.74 Å². The summed E-state index contributed by atoms with van der Waals surface area (Å²) in [4.78, 5) is 21.0. The Morgan fingerprint density at radius 1 is 1.25 bits per heavy atom. The summed E-state index contributed by atoms with van der Waals surface area (Å²) in [7, 11) is 0. The third kappa shape index (κ3) is 7.90. The van der Waals surface area contributed by atoms with Crippen molar-refractivity contribution in [3.8, 4) is 0 Å². The Hall–Kier alpha value is -1.46. The number of rotatable bonds is 6. The summed E-state index contributed by atoms with van der Waals surface area (Å²) in [6.07, 6.45) is 2.00. The van der Waals surface area contributed by atoms with Crippen LogP contribution in [0.15, 0.2) is 10.2 Å². The van der Waals surface area contributed by atoms with Crippen LogP contribution in [0.5, 0.6) is 0 Å². The van der Waals surface area contributed by atoms with E-state index in [4.69, 9.17) is 9.84 Å². The van der Waals surface area contributed by atoms with Gasteiger partial charge in [0.15, 0.2) is 0 Å². The van der Waals surface area contributed by atoms with Crippen molar-refractivity contribution in [2.45, 2.75) is 52.1 Å². The highest BCUT2D eigenvalue weighted by Crippen LogP contribution is 2.10. The molecule has 0 aliphatic heterocycles. The lowest BCUT2D eigenvalue weighted by molar-refractivity contribution is 0.0955. The second-order valence-electron chi connectivity index (χ2n) is 3.39. The summed E-state index contributed by atoms with van der Waals surface area (Å²) < 4.78 is 4.93. The zero-order valence-electron chi connectivity index (χ0n) is 9.68. The van der Waals surface area contributed by atoms with Crippen molar-refractivity contribution in [3.63, 3.8) is 0 Å². The molecule has 0 bridgehead atoms. The van der Waals surface area contributed by atoms with Gasteiger partial charge in [-0.05, 0) is 19.3 Å². The van der Waals surface area contributed by atoms with Crippen LogP contribution in [0.4, 0.5) is 9.59 Å². The molecule has 0 aliphatic carbocycles. The minimum atomic E-state index is -1.50. The van der Waals surface area contributed by atoms with E-state index in [-0.39, 0.29) is 6.10 Å². The lowest BCUT2D eigenvalue weighted by atomic mass is 10.1. The molecule has 0 spiro atoms. The highest BCUT2D eigenvalue weighted by Gasteiger charge is 2.11. The summed E-state index contributed by atoms with van der Waals surface area (Å²) in [5, 5.41) is 13.7. The summed E-state index contributed by atoms with van der Waals surface area (Å²) in [5.74, 6) is 0. The number of hydrogen-bond donors (Lipinski definition) is 1. The van der Waals surface area contributed by atoms with Crippen LogP contribution in [0.3, 0.4) is 0 Å². The minimum Gasteiger partial charge on any atom is -0.462 e. The predicted molar refractivity (Wildman–Crippen MR) is 57.6 cm³/mol. The molecule has 1 unspecified atom stereocenters. The van der Waals surface area contributed by atoms with Crippen molar-refractivity contribution in [1.29, 1.82) is 0 Å². The van der Waals surface area contributed by atoms with Crippen molar-refractivity contribution in [1.82, 2.24) is 0 Å². The summed E-state index contributed by atoms with van der Waals surface area (Å²) in [6, 6.07) is 0. The molecule has 0 aromatic heterocycles. The van der Waals surface area contributed by atoms with Gasteiger partial charge in [-0.3, -0.25) is 0 Å². The number of carboxylic acid groups (broad SMARTS) is 1. The number of hydrogen-bond acceptors (Lipinski definition) is 3. The highest BCUT2D eigenvalue weighted by atomic mass is 16.6. The molecule has 6 nitrogen and oxygen atoms in total. The Labute approximate surface area is 94.7 Å². The second kappa shape index (κ2) is 8.82. The van der Waals surface area contributed by atoms with Gasteiger partial charge in [-0.25, -0.2) is 9.59 Å². The molecular weight excluding hydrogens is 212 g/mol. The molecule has 0 saturated heterocycles. The van der Waals surface area contributed by atoms with Gasteiger partial charge in [0.1, 0.15) is 6.10 Å². The standard InChI is InChI=1S/C10H18N2O4/c1-3-5-6-7-8(4-2)16-10(15)12-11-9(13)14/h8H,3-7H2,1-2H3,(H,13,14). The molecule has 1 atom stereocenters. The minimum absolute atomic E-state index is 0.202. The molecule has 16 heavy (non-hydrogen) atoms. The third-order valence-corrected chi connectivity index (χ3v) is 2.07. The zero-order valence-corrected chi connectivity index (χ0v) is 9.68. The van der Waals surface area contributed by atoms with Gasteiger partial charge < -0.3 is 9.84 Å². The fraction of sp³-hybridized carbons (Fsp3) is 0.800. The van der Waals surface area contributed by atoms with Gasteiger partial charge in [0.2, 0.25) is 0 Å². The molecule has 0 radical (unpaired) electrons. The zero-order chi connectivity index (χ0) is 12.4. The Kier molecular flexibility index (Phi) is 8.01. The quantitative estimate of drug-likeness (QED) is 0.557. The number of ether oxygens (including phenoxy) is 1. The Bertz CT molecular complexity index is 253. The average Bonchev–Trinajstić information content (AvgIpc) is 2.25. The smallest absolute Gasteiger partial charge is 0.452 e. The van der Waals surface area contributed by atoms with E-state index in [0.717, 1.165) is 25.7 Å². The van der Waals surface area contributed by atoms with E-state index in [1.807, 2.05) is 6.92 Å². The average molecular weight is 230 g/mol. The molecule has 0 heterocycles. The van der Waals surface area contributed by atoms with E-state index < -0.39 is 12.2 Å². The predicted octanol–water partition coefficient (Wildman–Crippen LogP) is 3.61. The first-order valence-electron chi connectivity index (χ1n) is 5.45. The Morgan fingerprint density at radius 3 is 2.44 bits per heavy atom. The first-order chi connectivity index (χ1) is 7.60. The lowest BCUT2D eigenvalue weighted by Gasteiger charge is -2.13. The molecule has 6 heteroatoms. The van der Waals surface area contributed by atoms with E-state index in [0.29, 0.717) is 6.42 Å². The summed E-state index contributed by atoms with van der Waals surface area (Å²) >= 11 is 0. The SMILES string of the molecule is CCCCCC(CC)OC(=O)N=NC(=O)O. The second-order valence-corrected chi connectivity index (χ2v) is 3.39. The van der Waals surface area contributed by atoms with Crippen molar-refractivity contribution < 1.29 is 19.4 Å². The fourth-order valence-electron chi connectivity index (χ4n) is 1.22. The molecule has 2 amide bonds. The van der Waals surface area contributed by atoms with Crippen LogP contribution in [0.1, 0.15) is 46.0 Å². The topological polar surface area (TPSA) is 88.3 Å². The van der Waals surface area contributed by atoms with E-state index in [1.165, 1.54) is 0 Å². The van der Waals surface area contributed by atoms with Crippen LogP contribution in [0, 0.1) is 0 Å². The van der Waals surface area contributed by atoms with E-state index in [9.17, 15) is 9.59 Å². The number of carbonyl (C=O) groups excluding carboxylic acids is 1. The third-order valence-electron chi connectivity index (χ3n) is 2.07. The first kappa shape index (κ1) is 14.5. The number of azo groups is 1. The lowest BCUT2D eigenvalue weighted by Crippen LogP contribution is -2.14. The van der Waals surface area contributed by atoms with Gasteiger partial charge in [0, 0.05) is 0 Å². The normalized spacial score (nSPS) is 12.6. The molecule has 0 fully saturated rings. The molecule has 0 aromatic rings. The maximum atomic E-state index is 11.0. The molecule has 0 aromatic carbocycles. The Balaban J connectivity index is 3.92. The number of amides is 2. The number of unbranched alkanes of at least 4 members (excludes halogenated alkanes) is 2. The van der Waals surface area contributed by atoms with Crippen LogP contribution in [0.2, 0.25) is 0 Å². The fourth-order valence-corrected chi connectivity index (χ4v) is 1.22. The maximum absolute atomic E-state index is 11.0. The molecule has 1 N–H and O–H groups in total. The van der Waals surface area contributed by atoms with Crippen LogP contribution >= 0.6 is 0 Å². The van der Waals surface area contributed by atoms with E-state index >= 15 is 0 Å². The van der Waals surface area contributed by atoms with Crippen molar-refractivity contribution in [3.05, 3.63) is 0 Å². The van der Waals surface area contributed by atoms with Gasteiger partial charge >= 0.3 is 12.2 Å². The van der Waals surface area contributed by atoms with Gasteiger partial charge in [0.05, 0.1) is 0 Å². The monoisotopic (exact) mass is 230 g/mol. The molecular formula is C10H18N2O4. The van der Waals surface area contributed by atoms with Crippen LogP contribution in [0.25, 0.3) is 0 Å². The van der Waals surface area contributed by atoms with Crippen LogP contribution in [-0.4, -0.2) is 23.4 Å². The highest BCUT2D eigenvalue weighted by molar-refractivity contribution is 5.72. The van der Waals surface area contributed by atoms with Gasteiger partial charge in [0.25, 0.3) is 0 Å². The van der Waals surface area contributed by atoms with E-state index in [1.54, 1.807) is 0 Å². The van der Waals surface area contributed by atoms with Gasteiger partial charge in [-0.15, -0.1) is 0 Å². The summed E-state index contributed by atoms with van der Waals surface area (Å²) in [6.45, 7) is 3.99. The van der Waals surface area contributed by atoms with Crippen molar-refractivity contribution in [2.75, 3.05) is 0 Å². The Morgan fingerprint density at radius 2 is 1.94 bits per heavy atom. The molecule has 92 valence electrons. The number of nitrogens with zero attached hydrogens (tertiary/aromatic N) is 2. The largest absolute Gasteiger partial charge is 0.462 e. The van der Waals surface area contributed by atoms with Crippen molar-refractivity contribution >= 4 is 12.2 Å². The van der Waals surface area contributed by atoms with Gasteiger partial charge in [-0.2, -0.15) is 0 Å². The molecule has 0 saturated carbocycles. The first-order valence-corrected chi connectivity index (χ1v) is 5.45. The van der Waals surface area contributed by atoms with Crippen molar-refractivity contribution in [2.24, 2.45) is 10.2 Å². The maximum Gasteiger partial charge on any atom is 0.452 e. The number of carbonyl (C=O) groups is 2. The molecule has 0 aliphatic rings. The van der Waals surface area contributed by atoms with E-state index in [2.05, 4.69) is 17.2 Å². The molecule has 0 rings (SSSR count).